The number of carbonyl (C=O) groups is 2. The van der Waals surface area contributed by atoms with Gasteiger partial charge in [-0.25, -0.2) is 4.79 Å². The highest BCUT2D eigenvalue weighted by Crippen LogP contribution is 2.30. The van der Waals surface area contributed by atoms with Gasteiger partial charge in [0.05, 0.1) is 31.5 Å². The molecule has 2 aromatic carbocycles. The average molecular weight is 529 g/mol. The average Bonchev–Trinajstić information content (AvgIpc) is 3.31. The minimum absolute atomic E-state index is 0.105. The molecule has 184 valence electrons. The van der Waals surface area contributed by atoms with E-state index in [1.807, 2.05) is 18.2 Å². The zero-order chi connectivity index (χ0) is 25.2. The lowest BCUT2D eigenvalue weighted by Gasteiger charge is -2.11. The first-order valence-corrected chi connectivity index (χ1v) is 13.8. The van der Waals surface area contributed by atoms with Crippen molar-refractivity contribution in [2.45, 2.75) is 32.6 Å². The number of hydrogen-bond acceptors (Lipinski definition) is 8. The number of rotatable bonds is 13. The Morgan fingerprint density at radius 1 is 0.943 bits per heavy atom. The van der Waals surface area contributed by atoms with Crippen LogP contribution in [0.1, 0.15) is 48.5 Å². The van der Waals surface area contributed by atoms with Crippen molar-refractivity contribution in [1.29, 1.82) is 0 Å². The fourth-order valence-electron chi connectivity index (χ4n) is 3.38. The molecule has 0 aliphatic heterocycles. The van der Waals surface area contributed by atoms with Gasteiger partial charge in [-0.05, 0) is 86.2 Å². The summed E-state index contributed by atoms with van der Waals surface area (Å²) in [6, 6.07) is 15.0. The Labute approximate surface area is 218 Å². The fraction of sp³-hybridized carbons (Fsp3) is 0.296. The van der Waals surface area contributed by atoms with Crippen molar-refractivity contribution in [3.8, 4) is 21.9 Å². The van der Waals surface area contributed by atoms with Gasteiger partial charge in [0.25, 0.3) is 0 Å². The number of benzene rings is 2. The summed E-state index contributed by atoms with van der Waals surface area (Å²) in [5, 5.41) is 0. The van der Waals surface area contributed by atoms with Crippen LogP contribution in [0.25, 0.3) is 16.0 Å². The van der Waals surface area contributed by atoms with Crippen LogP contribution in [0.2, 0.25) is 0 Å². The Bertz CT molecular complexity index is 1220. The van der Waals surface area contributed by atoms with Gasteiger partial charge < -0.3 is 14.2 Å². The zero-order valence-electron chi connectivity index (χ0n) is 19.8. The van der Waals surface area contributed by atoms with Gasteiger partial charge in [-0.3, -0.25) is 4.79 Å². The van der Waals surface area contributed by atoms with E-state index in [1.165, 1.54) is 18.9 Å². The summed E-state index contributed by atoms with van der Waals surface area (Å²) in [6.07, 6.45) is 3.62. The molecule has 35 heavy (non-hydrogen) atoms. The second-order valence-corrected chi connectivity index (χ2v) is 10.8. The van der Waals surface area contributed by atoms with Gasteiger partial charge >= 0.3 is 5.97 Å². The molecule has 1 aromatic heterocycles. The molecule has 0 saturated heterocycles. The summed E-state index contributed by atoms with van der Waals surface area (Å²) in [7, 11) is 4.78. The lowest BCUT2D eigenvalue weighted by molar-refractivity contribution is -0.136. The molecule has 0 bridgehead atoms. The normalized spacial score (nSPS) is 10.6. The molecule has 3 aromatic rings. The summed E-state index contributed by atoms with van der Waals surface area (Å²) < 4.78 is 17.3. The van der Waals surface area contributed by atoms with E-state index in [0.717, 1.165) is 40.8 Å². The van der Waals surface area contributed by atoms with Crippen LogP contribution >= 0.6 is 32.9 Å². The second kappa shape index (κ2) is 13.3. The molecule has 0 unspecified atom stereocenters. The van der Waals surface area contributed by atoms with Crippen LogP contribution < -0.4 is 9.47 Å². The molecule has 1 heterocycles. The van der Waals surface area contributed by atoms with Crippen molar-refractivity contribution in [2.24, 2.45) is 0 Å². The van der Waals surface area contributed by atoms with Gasteiger partial charge in [0, 0.05) is 4.88 Å². The molecule has 8 heteroatoms. The Hall–Kier alpha value is -2.81. The topological polar surface area (TPSA) is 61.8 Å². The summed E-state index contributed by atoms with van der Waals surface area (Å²) in [4.78, 5) is 25.1. The minimum atomic E-state index is -0.471. The van der Waals surface area contributed by atoms with Gasteiger partial charge in [-0.1, -0.05) is 45.5 Å². The van der Waals surface area contributed by atoms with E-state index in [9.17, 15) is 9.59 Å². The van der Waals surface area contributed by atoms with Crippen molar-refractivity contribution >= 4 is 50.2 Å². The zero-order valence-corrected chi connectivity index (χ0v) is 22.3. The first-order chi connectivity index (χ1) is 16.9. The van der Waals surface area contributed by atoms with Crippen molar-refractivity contribution in [2.75, 3.05) is 20.3 Å². The smallest absolute Gasteiger partial charge is 0.338 e. The molecule has 0 N–H and O–H groups in total. The van der Waals surface area contributed by atoms with Crippen LogP contribution in [0.3, 0.4) is 0 Å². The first-order valence-electron chi connectivity index (χ1n) is 11.3. The van der Waals surface area contributed by atoms with Crippen LogP contribution in [0.4, 0.5) is 0 Å². The molecule has 0 saturated carbocycles. The minimum Gasteiger partial charge on any atom is -0.496 e. The fourth-order valence-corrected chi connectivity index (χ4v) is 5.78. The van der Waals surface area contributed by atoms with Gasteiger partial charge in [0.1, 0.15) is 15.3 Å². The maximum absolute atomic E-state index is 12.3. The van der Waals surface area contributed by atoms with E-state index >= 15 is 0 Å². The van der Waals surface area contributed by atoms with E-state index in [1.54, 1.807) is 38.9 Å². The number of esters is 1. The Kier molecular flexibility index (Phi) is 10.2. The van der Waals surface area contributed by atoms with Crippen molar-refractivity contribution in [3.63, 3.8) is 0 Å². The number of ether oxygens (including phenoxy) is 3. The largest absolute Gasteiger partial charge is 0.496 e. The number of carbonyl (C=O) groups excluding carboxylic acids is 2. The van der Waals surface area contributed by atoms with Gasteiger partial charge in [0.2, 0.25) is 0 Å². The molecule has 0 aliphatic carbocycles. The van der Waals surface area contributed by atoms with Crippen LogP contribution in [0.5, 0.6) is 11.5 Å². The van der Waals surface area contributed by atoms with Crippen molar-refractivity contribution < 1.29 is 23.8 Å². The first kappa shape index (κ1) is 26.8. The maximum Gasteiger partial charge on any atom is 0.338 e. The lowest BCUT2D eigenvalue weighted by Crippen LogP contribution is -2.08. The third-order valence-electron chi connectivity index (χ3n) is 5.32. The molecule has 5 nitrogen and oxygen atoms in total. The highest BCUT2D eigenvalue weighted by Gasteiger charge is 2.15. The summed E-state index contributed by atoms with van der Waals surface area (Å²) >= 11 is 5.19. The number of unbranched alkanes of at least 4 members (excludes halogenated alkanes) is 3. The van der Waals surface area contributed by atoms with Crippen LogP contribution in [-0.2, 0) is 9.53 Å². The van der Waals surface area contributed by atoms with Crippen LogP contribution in [0.15, 0.2) is 55.1 Å². The molecule has 0 aliphatic rings. The molecule has 0 radical (unpaired) electrons. The molecular formula is C27H28O5S3. The van der Waals surface area contributed by atoms with E-state index < -0.39 is 5.97 Å². The molecular weight excluding hydrogens is 500 g/mol. The van der Waals surface area contributed by atoms with Crippen molar-refractivity contribution in [3.05, 3.63) is 70.1 Å². The predicted molar refractivity (Wildman–Crippen MR) is 145 cm³/mol. The molecule has 0 spiro atoms. The molecule has 0 amide bonds. The predicted octanol–water partition coefficient (Wildman–Crippen LogP) is 7.61. The van der Waals surface area contributed by atoms with E-state index in [-0.39, 0.29) is 11.4 Å². The van der Waals surface area contributed by atoms with Crippen molar-refractivity contribution in [1.82, 2.24) is 0 Å². The summed E-state index contributed by atoms with van der Waals surface area (Å²) in [6.45, 7) is 6.27. The Balaban J connectivity index is 1.31. The van der Waals surface area contributed by atoms with E-state index in [0.29, 0.717) is 30.1 Å². The van der Waals surface area contributed by atoms with Gasteiger partial charge in [-0.15, -0.1) is 0 Å². The highest BCUT2D eigenvalue weighted by molar-refractivity contribution is 7.80. The van der Waals surface area contributed by atoms with Gasteiger partial charge in [0.15, 0.2) is 5.78 Å². The maximum atomic E-state index is 12.3. The lowest BCUT2D eigenvalue weighted by atomic mass is 10.0. The Morgan fingerprint density at radius 2 is 1.66 bits per heavy atom. The number of hydrogen-bond donors (Lipinski definition) is 0. The standard InChI is InChI=1S/C27H28O5S3/c1-18(21-10-13-23(19(2)28)24(16-21)30-3)27(29)32-15-7-5-4-6-14-31-22-11-8-20(9-12-22)25-17-26(33)35-34-25/h8-13,16-17H,1,4-7,14-15H2,2-3H3. The Morgan fingerprint density at radius 3 is 2.29 bits per heavy atom. The number of Topliss-reactive ketones (excluding diaryl/α,β-unsaturated/α-hetero) is 1. The third-order valence-corrected chi connectivity index (χ3v) is 8.23. The number of ketones is 1. The molecule has 0 fully saturated rings. The third kappa shape index (κ3) is 7.85. The van der Waals surface area contributed by atoms with Gasteiger partial charge in [-0.2, -0.15) is 0 Å². The highest BCUT2D eigenvalue weighted by atomic mass is 32.9. The second-order valence-electron chi connectivity index (χ2n) is 7.87. The van der Waals surface area contributed by atoms with E-state index in [2.05, 4.69) is 18.7 Å². The molecule has 0 atom stereocenters. The summed E-state index contributed by atoms with van der Waals surface area (Å²) in [5.41, 5.74) is 2.42. The van der Waals surface area contributed by atoms with Crippen LogP contribution in [-0.4, -0.2) is 32.1 Å². The monoisotopic (exact) mass is 528 g/mol. The quantitative estimate of drug-likeness (QED) is 0.0568. The summed E-state index contributed by atoms with van der Waals surface area (Å²) in [5.74, 6) is 0.691. The number of methoxy groups -OCH3 is 1. The molecule has 3 rings (SSSR count). The van der Waals surface area contributed by atoms with E-state index in [4.69, 9.17) is 26.4 Å². The SMILES string of the molecule is C=C(C(=O)OCCCCCCOc1ccc(-c2cc(=S)ss2)cc1)c1ccc(C(C)=O)c(OC)c1. The van der Waals surface area contributed by atoms with Crippen LogP contribution in [0, 0.1) is 3.82 Å².